The summed E-state index contributed by atoms with van der Waals surface area (Å²) in [5.41, 5.74) is -2.14. The van der Waals surface area contributed by atoms with Crippen molar-refractivity contribution >= 4 is 21.9 Å². The van der Waals surface area contributed by atoms with Crippen molar-refractivity contribution in [1.29, 1.82) is 0 Å². The first-order valence-corrected chi connectivity index (χ1v) is 5.71. The van der Waals surface area contributed by atoms with Gasteiger partial charge in [0.15, 0.2) is 0 Å². The van der Waals surface area contributed by atoms with Crippen LogP contribution in [0.1, 0.15) is 26.3 Å². The molecule has 0 fully saturated rings. The van der Waals surface area contributed by atoms with E-state index < -0.39 is 17.0 Å². The van der Waals surface area contributed by atoms with Gasteiger partial charge in [-0.3, -0.25) is 4.79 Å². The highest BCUT2D eigenvalue weighted by atomic mass is 79.9. The smallest absolute Gasteiger partial charge is 0.312 e. The lowest BCUT2D eigenvalue weighted by Gasteiger charge is -2.37. The van der Waals surface area contributed by atoms with Crippen molar-refractivity contribution in [3.8, 4) is 0 Å². The van der Waals surface area contributed by atoms with E-state index in [4.69, 9.17) is 5.11 Å². The molecule has 0 spiro atoms. The van der Waals surface area contributed by atoms with Crippen LogP contribution in [0.25, 0.3) is 0 Å². The van der Waals surface area contributed by atoms with Crippen molar-refractivity contribution in [1.82, 2.24) is 0 Å². The van der Waals surface area contributed by atoms with Crippen LogP contribution >= 0.6 is 15.9 Å². The van der Waals surface area contributed by atoms with E-state index in [0.29, 0.717) is 10.0 Å². The molecule has 0 aliphatic carbocycles. The molecule has 0 bridgehead atoms. The van der Waals surface area contributed by atoms with Crippen molar-refractivity contribution in [3.63, 3.8) is 0 Å². The number of hydrogen-bond donors (Lipinski definition) is 2. The fraction of sp³-hybridized carbons (Fsp3) is 0.417. The Kier molecular flexibility index (Phi) is 3.45. The van der Waals surface area contributed by atoms with Gasteiger partial charge in [-0.15, -0.1) is 0 Å². The molecule has 0 heterocycles. The monoisotopic (exact) mass is 286 g/mol. The normalized spacial score (nSPS) is 15.6. The molecular formula is C12H15BrO3. The lowest BCUT2D eigenvalue weighted by atomic mass is 9.72. The fourth-order valence-electron chi connectivity index (χ4n) is 1.40. The number of carboxylic acid groups (broad SMARTS) is 1. The summed E-state index contributed by atoms with van der Waals surface area (Å²) in [5, 5.41) is 19.6. The Bertz CT molecular complexity index is 410. The topological polar surface area (TPSA) is 57.5 Å². The van der Waals surface area contributed by atoms with E-state index >= 15 is 0 Å². The summed E-state index contributed by atoms with van der Waals surface area (Å²) in [6.45, 7) is 4.53. The minimum atomic E-state index is -1.45. The zero-order valence-electron chi connectivity index (χ0n) is 9.49. The Morgan fingerprint density at radius 3 is 2.19 bits per heavy atom. The van der Waals surface area contributed by atoms with Crippen LogP contribution in [-0.4, -0.2) is 16.2 Å². The number of hydrogen-bond acceptors (Lipinski definition) is 2. The van der Waals surface area contributed by atoms with E-state index in [1.807, 2.05) is 6.07 Å². The summed E-state index contributed by atoms with van der Waals surface area (Å²) in [6, 6.07) is 7.08. The third-order valence-corrected chi connectivity index (χ3v) is 3.84. The van der Waals surface area contributed by atoms with E-state index in [1.165, 1.54) is 20.8 Å². The van der Waals surface area contributed by atoms with Crippen LogP contribution in [-0.2, 0) is 10.4 Å². The Hall–Kier alpha value is -0.870. The molecule has 2 N–H and O–H groups in total. The highest BCUT2D eigenvalue weighted by Crippen LogP contribution is 2.42. The highest BCUT2D eigenvalue weighted by molar-refractivity contribution is 9.10. The number of aliphatic carboxylic acids is 1. The summed E-state index contributed by atoms with van der Waals surface area (Å²) in [5.74, 6) is -1.03. The molecule has 1 aromatic carbocycles. The molecule has 88 valence electrons. The quantitative estimate of drug-likeness (QED) is 0.898. The third-order valence-electron chi connectivity index (χ3n) is 3.15. The van der Waals surface area contributed by atoms with Crippen molar-refractivity contribution in [2.75, 3.05) is 0 Å². The van der Waals surface area contributed by atoms with Gasteiger partial charge in [-0.2, -0.15) is 0 Å². The summed E-state index contributed by atoms with van der Waals surface area (Å²) in [4.78, 5) is 11.2. The van der Waals surface area contributed by atoms with Gasteiger partial charge in [0.1, 0.15) is 5.60 Å². The van der Waals surface area contributed by atoms with Gasteiger partial charge in [0.05, 0.1) is 5.41 Å². The maximum absolute atomic E-state index is 11.2. The zero-order valence-corrected chi connectivity index (χ0v) is 11.1. The molecular weight excluding hydrogens is 272 g/mol. The lowest BCUT2D eigenvalue weighted by Crippen LogP contribution is -2.45. The second-order valence-corrected chi connectivity index (χ2v) is 5.34. The van der Waals surface area contributed by atoms with Crippen LogP contribution in [0.2, 0.25) is 0 Å². The summed E-state index contributed by atoms with van der Waals surface area (Å²) >= 11 is 3.32. The first-order chi connectivity index (χ1) is 7.21. The third kappa shape index (κ3) is 1.99. The van der Waals surface area contributed by atoms with Crippen LogP contribution in [0.4, 0.5) is 0 Å². The fourth-order valence-corrected chi connectivity index (χ4v) is 2.07. The minimum Gasteiger partial charge on any atom is -0.481 e. The summed E-state index contributed by atoms with van der Waals surface area (Å²) in [6.07, 6.45) is 0. The van der Waals surface area contributed by atoms with Gasteiger partial charge in [0, 0.05) is 4.47 Å². The number of carboxylic acids is 1. The molecule has 0 aliphatic rings. The summed E-state index contributed by atoms with van der Waals surface area (Å²) in [7, 11) is 0. The standard InChI is InChI=1S/C12H15BrO3/c1-11(2,10(14)15)12(3,16)8-6-4-5-7-9(8)13/h4-7,16H,1-3H3,(H,14,15). The number of halogens is 1. The van der Waals surface area contributed by atoms with Gasteiger partial charge in [0.2, 0.25) is 0 Å². The van der Waals surface area contributed by atoms with Gasteiger partial charge >= 0.3 is 5.97 Å². The number of rotatable bonds is 3. The SMILES string of the molecule is CC(C)(C(=O)O)C(C)(O)c1ccccc1Br. The van der Waals surface area contributed by atoms with Crippen molar-refractivity contribution in [2.24, 2.45) is 5.41 Å². The molecule has 0 saturated carbocycles. The predicted molar refractivity (Wildman–Crippen MR) is 65.1 cm³/mol. The summed E-state index contributed by atoms with van der Waals surface area (Å²) < 4.78 is 0.703. The molecule has 1 rings (SSSR count). The predicted octanol–water partition coefficient (Wildman–Crippen LogP) is 2.77. The van der Waals surface area contributed by atoms with Crippen molar-refractivity contribution in [3.05, 3.63) is 34.3 Å². The number of benzene rings is 1. The highest BCUT2D eigenvalue weighted by Gasteiger charge is 2.47. The van der Waals surface area contributed by atoms with Crippen molar-refractivity contribution < 1.29 is 15.0 Å². The minimum absolute atomic E-state index is 0.572. The van der Waals surface area contributed by atoms with Crippen LogP contribution in [0.3, 0.4) is 0 Å². The Labute approximate surface area is 103 Å². The second-order valence-electron chi connectivity index (χ2n) is 4.48. The Balaban J connectivity index is 3.32. The Morgan fingerprint density at radius 2 is 1.75 bits per heavy atom. The lowest BCUT2D eigenvalue weighted by molar-refractivity contribution is -0.164. The first-order valence-electron chi connectivity index (χ1n) is 4.92. The van der Waals surface area contributed by atoms with E-state index in [0.717, 1.165) is 0 Å². The van der Waals surface area contributed by atoms with E-state index in [2.05, 4.69) is 15.9 Å². The van der Waals surface area contributed by atoms with Gasteiger partial charge in [-0.05, 0) is 32.4 Å². The molecule has 0 radical (unpaired) electrons. The number of carbonyl (C=O) groups is 1. The van der Waals surface area contributed by atoms with E-state index in [-0.39, 0.29) is 0 Å². The molecule has 0 amide bonds. The van der Waals surface area contributed by atoms with Gasteiger partial charge in [-0.25, -0.2) is 0 Å². The largest absolute Gasteiger partial charge is 0.481 e. The molecule has 4 heteroatoms. The molecule has 1 unspecified atom stereocenters. The van der Waals surface area contributed by atoms with Crippen molar-refractivity contribution in [2.45, 2.75) is 26.4 Å². The van der Waals surface area contributed by atoms with Gasteiger partial charge in [0.25, 0.3) is 0 Å². The molecule has 3 nitrogen and oxygen atoms in total. The molecule has 0 aromatic heterocycles. The maximum Gasteiger partial charge on any atom is 0.312 e. The average Bonchev–Trinajstić information content (AvgIpc) is 2.17. The van der Waals surface area contributed by atoms with Gasteiger partial charge < -0.3 is 10.2 Å². The Morgan fingerprint density at radius 1 is 1.25 bits per heavy atom. The average molecular weight is 287 g/mol. The number of aliphatic hydroxyl groups is 1. The van der Waals surface area contributed by atoms with Crippen LogP contribution in [0.15, 0.2) is 28.7 Å². The second kappa shape index (κ2) is 4.18. The van der Waals surface area contributed by atoms with E-state index in [1.54, 1.807) is 18.2 Å². The molecule has 16 heavy (non-hydrogen) atoms. The molecule has 0 aliphatic heterocycles. The van der Waals surface area contributed by atoms with E-state index in [9.17, 15) is 9.90 Å². The first kappa shape index (κ1) is 13.2. The zero-order chi connectivity index (χ0) is 12.6. The molecule has 0 saturated heterocycles. The van der Waals surface area contributed by atoms with Crippen LogP contribution in [0.5, 0.6) is 0 Å². The van der Waals surface area contributed by atoms with Crippen LogP contribution < -0.4 is 0 Å². The van der Waals surface area contributed by atoms with Crippen LogP contribution in [0, 0.1) is 5.41 Å². The van der Waals surface area contributed by atoms with Gasteiger partial charge in [-0.1, -0.05) is 34.1 Å². The molecule has 1 aromatic rings. The molecule has 1 atom stereocenters. The maximum atomic E-state index is 11.2.